The van der Waals surface area contributed by atoms with Crippen LogP contribution in [-0.2, 0) is 6.54 Å². The first-order valence-corrected chi connectivity index (χ1v) is 6.41. The highest BCUT2D eigenvalue weighted by Gasteiger charge is 2.09. The second-order valence-corrected chi connectivity index (χ2v) is 4.80. The number of hydrogen-bond donors (Lipinski definition) is 1. The lowest BCUT2D eigenvalue weighted by Crippen LogP contribution is -2.06. The molecule has 100 valence electrons. The average Bonchev–Trinajstić information content (AvgIpc) is 2.37. The zero-order chi connectivity index (χ0) is 13.8. The third-order valence-corrected chi connectivity index (χ3v) is 3.05. The molecule has 0 atom stereocenters. The molecule has 0 fully saturated rings. The lowest BCUT2D eigenvalue weighted by Gasteiger charge is -2.12. The van der Waals surface area contributed by atoms with Crippen molar-refractivity contribution in [3.63, 3.8) is 0 Å². The van der Waals surface area contributed by atoms with Crippen LogP contribution >= 0.6 is 23.2 Å². The molecule has 0 saturated heterocycles. The Morgan fingerprint density at radius 1 is 1.11 bits per heavy atom. The van der Waals surface area contributed by atoms with Crippen LogP contribution in [0, 0.1) is 5.82 Å². The molecule has 0 saturated carbocycles. The molecule has 0 radical (unpaired) electrons. The average molecular weight is 300 g/mol. The summed E-state index contributed by atoms with van der Waals surface area (Å²) in [7, 11) is 1.78. The summed E-state index contributed by atoms with van der Waals surface area (Å²) in [6, 6.07) is 9.28. The van der Waals surface area contributed by atoms with Gasteiger partial charge in [0.15, 0.2) is 0 Å². The van der Waals surface area contributed by atoms with E-state index in [1.54, 1.807) is 31.3 Å². The molecule has 0 aliphatic carbocycles. The number of ether oxygens (including phenoxy) is 1. The molecule has 0 unspecified atom stereocenters. The molecule has 2 aromatic rings. The molecule has 2 aromatic carbocycles. The molecule has 0 heterocycles. The van der Waals surface area contributed by atoms with E-state index in [1.807, 2.05) is 0 Å². The fourth-order valence-electron chi connectivity index (χ4n) is 1.65. The third kappa shape index (κ3) is 3.60. The monoisotopic (exact) mass is 299 g/mol. The van der Waals surface area contributed by atoms with Gasteiger partial charge in [0.1, 0.15) is 17.3 Å². The van der Waals surface area contributed by atoms with Crippen molar-refractivity contribution in [1.29, 1.82) is 0 Å². The van der Waals surface area contributed by atoms with Gasteiger partial charge in [-0.15, -0.1) is 0 Å². The Balaban J connectivity index is 2.34. The molecule has 0 aliphatic heterocycles. The van der Waals surface area contributed by atoms with E-state index in [9.17, 15) is 4.39 Å². The van der Waals surface area contributed by atoms with Crippen LogP contribution in [0.1, 0.15) is 5.56 Å². The topological polar surface area (TPSA) is 21.3 Å². The first kappa shape index (κ1) is 14.1. The lowest BCUT2D eigenvalue weighted by atomic mass is 10.2. The number of nitrogens with one attached hydrogen (secondary N) is 1. The SMILES string of the molecule is CNCc1cc(F)ccc1Oc1cc(Cl)ccc1Cl. The summed E-state index contributed by atoms with van der Waals surface area (Å²) in [6.07, 6.45) is 0. The van der Waals surface area contributed by atoms with Crippen LogP contribution in [0.4, 0.5) is 4.39 Å². The van der Waals surface area contributed by atoms with Crippen LogP contribution in [-0.4, -0.2) is 7.05 Å². The minimum Gasteiger partial charge on any atom is -0.455 e. The molecular formula is C14H12Cl2FNO. The van der Waals surface area contributed by atoms with Crippen molar-refractivity contribution >= 4 is 23.2 Å². The predicted octanol–water partition coefficient (Wildman–Crippen LogP) is 4.64. The number of benzene rings is 2. The summed E-state index contributed by atoms with van der Waals surface area (Å²) in [5.41, 5.74) is 0.707. The smallest absolute Gasteiger partial charge is 0.147 e. The Morgan fingerprint density at radius 2 is 1.89 bits per heavy atom. The van der Waals surface area contributed by atoms with E-state index in [4.69, 9.17) is 27.9 Å². The standard InChI is InChI=1S/C14H12Cl2FNO/c1-18-8-9-6-11(17)3-5-13(9)19-14-7-10(15)2-4-12(14)16/h2-7,18H,8H2,1H3. The van der Waals surface area contributed by atoms with E-state index < -0.39 is 0 Å². The van der Waals surface area contributed by atoms with Gasteiger partial charge in [-0.25, -0.2) is 4.39 Å². The summed E-state index contributed by atoms with van der Waals surface area (Å²) < 4.78 is 18.9. The minimum atomic E-state index is -0.310. The van der Waals surface area contributed by atoms with Crippen molar-refractivity contribution in [3.8, 4) is 11.5 Å². The fourth-order valence-corrected chi connectivity index (χ4v) is 1.97. The summed E-state index contributed by atoms with van der Waals surface area (Å²) in [6.45, 7) is 0.491. The van der Waals surface area contributed by atoms with Crippen LogP contribution in [0.15, 0.2) is 36.4 Å². The Bertz CT molecular complexity index is 590. The lowest BCUT2D eigenvalue weighted by molar-refractivity contribution is 0.472. The Kier molecular flexibility index (Phi) is 4.64. The maximum atomic E-state index is 13.2. The van der Waals surface area contributed by atoms with E-state index >= 15 is 0 Å². The van der Waals surface area contributed by atoms with E-state index in [-0.39, 0.29) is 5.82 Å². The molecule has 0 aromatic heterocycles. The van der Waals surface area contributed by atoms with Gasteiger partial charge in [-0.1, -0.05) is 23.2 Å². The van der Waals surface area contributed by atoms with Gasteiger partial charge in [0, 0.05) is 23.2 Å². The largest absolute Gasteiger partial charge is 0.455 e. The number of hydrogen-bond acceptors (Lipinski definition) is 2. The highest BCUT2D eigenvalue weighted by Crippen LogP contribution is 2.33. The minimum absolute atomic E-state index is 0.310. The highest BCUT2D eigenvalue weighted by molar-refractivity contribution is 6.34. The van der Waals surface area contributed by atoms with E-state index in [1.165, 1.54) is 12.1 Å². The van der Waals surface area contributed by atoms with Crippen LogP contribution < -0.4 is 10.1 Å². The van der Waals surface area contributed by atoms with Gasteiger partial charge in [0.2, 0.25) is 0 Å². The molecule has 0 amide bonds. The second kappa shape index (κ2) is 6.24. The maximum absolute atomic E-state index is 13.2. The van der Waals surface area contributed by atoms with Gasteiger partial charge < -0.3 is 10.1 Å². The van der Waals surface area contributed by atoms with Crippen LogP contribution in [0.25, 0.3) is 0 Å². The molecule has 0 aliphatic rings. The molecule has 5 heteroatoms. The van der Waals surface area contributed by atoms with Crippen molar-refractivity contribution in [2.45, 2.75) is 6.54 Å². The Hall–Kier alpha value is -1.29. The van der Waals surface area contributed by atoms with E-state index in [0.29, 0.717) is 33.7 Å². The summed E-state index contributed by atoms with van der Waals surface area (Å²) in [5, 5.41) is 3.93. The van der Waals surface area contributed by atoms with Crippen molar-refractivity contribution < 1.29 is 9.13 Å². The first-order valence-electron chi connectivity index (χ1n) is 5.66. The normalized spacial score (nSPS) is 10.5. The van der Waals surface area contributed by atoms with Gasteiger partial charge >= 0.3 is 0 Å². The molecular weight excluding hydrogens is 288 g/mol. The summed E-state index contributed by atoms with van der Waals surface area (Å²) >= 11 is 11.9. The van der Waals surface area contributed by atoms with Gasteiger partial charge in [0.05, 0.1) is 5.02 Å². The van der Waals surface area contributed by atoms with Crippen LogP contribution in [0.5, 0.6) is 11.5 Å². The zero-order valence-corrected chi connectivity index (χ0v) is 11.7. The molecule has 2 nitrogen and oxygen atoms in total. The predicted molar refractivity (Wildman–Crippen MR) is 75.7 cm³/mol. The number of rotatable bonds is 4. The molecule has 1 N–H and O–H groups in total. The summed E-state index contributed by atoms with van der Waals surface area (Å²) in [5.74, 6) is 0.674. The highest BCUT2D eigenvalue weighted by atomic mass is 35.5. The van der Waals surface area contributed by atoms with Crippen LogP contribution in [0.3, 0.4) is 0 Å². The van der Waals surface area contributed by atoms with Gasteiger partial charge in [-0.3, -0.25) is 0 Å². The van der Waals surface area contributed by atoms with Gasteiger partial charge in [0.25, 0.3) is 0 Å². The molecule has 0 spiro atoms. The van der Waals surface area contributed by atoms with Crippen molar-refractivity contribution in [2.24, 2.45) is 0 Å². The van der Waals surface area contributed by atoms with E-state index in [0.717, 1.165) is 0 Å². The van der Waals surface area contributed by atoms with Crippen molar-refractivity contribution in [2.75, 3.05) is 7.05 Å². The van der Waals surface area contributed by atoms with Gasteiger partial charge in [-0.2, -0.15) is 0 Å². The van der Waals surface area contributed by atoms with E-state index in [2.05, 4.69) is 5.32 Å². The Labute approximate surface area is 121 Å². The quantitative estimate of drug-likeness (QED) is 0.888. The van der Waals surface area contributed by atoms with Crippen molar-refractivity contribution in [1.82, 2.24) is 5.32 Å². The molecule has 0 bridgehead atoms. The van der Waals surface area contributed by atoms with Gasteiger partial charge in [-0.05, 0) is 37.4 Å². The maximum Gasteiger partial charge on any atom is 0.147 e. The Morgan fingerprint density at radius 3 is 2.63 bits per heavy atom. The fraction of sp³-hybridized carbons (Fsp3) is 0.143. The van der Waals surface area contributed by atoms with Crippen molar-refractivity contribution in [3.05, 3.63) is 57.8 Å². The zero-order valence-electron chi connectivity index (χ0n) is 10.2. The van der Waals surface area contributed by atoms with Crippen LogP contribution in [0.2, 0.25) is 10.0 Å². The molecule has 19 heavy (non-hydrogen) atoms. The first-order chi connectivity index (χ1) is 9.10. The third-order valence-electron chi connectivity index (χ3n) is 2.50. The molecule has 2 rings (SSSR count). The summed E-state index contributed by atoms with van der Waals surface area (Å²) in [4.78, 5) is 0. The second-order valence-electron chi connectivity index (χ2n) is 3.96. The number of halogens is 3.